The van der Waals surface area contributed by atoms with Crippen LogP contribution in [0.15, 0.2) is 27.8 Å². The summed E-state index contributed by atoms with van der Waals surface area (Å²) in [5, 5.41) is 14.5. The molecular weight excluding hydrogens is 328 g/mol. The quantitative estimate of drug-likeness (QED) is 0.327. The largest absolute Gasteiger partial charge is 0.409 e. The van der Waals surface area contributed by atoms with Gasteiger partial charge < -0.3 is 25.9 Å². The third-order valence-corrected chi connectivity index (χ3v) is 3.40. The van der Waals surface area contributed by atoms with Gasteiger partial charge in [-0.05, 0) is 18.2 Å². The molecule has 2 amide bonds. The molecule has 108 valence electrons. The number of amidine groups is 1. The lowest BCUT2D eigenvalue weighted by molar-refractivity contribution is 0.0564. The standard InChI is InChI=1S/C12H15BrN4O3/c13-8-1-2-9(11(14)16-19)10(7-8)15-12(18)17-3-5-20-6-4-17/h1-2,7,19H,3-6H2,(H2,14,16)(H,15,18). The molecule has 2 rings (SSSR count). The van der Waals surface area contributed by atoms with Crippen LogP contribution in [0.25, 0.3) is 0 Å². The number of carbonyl (C=O) groups excluding carboxylic acids is 1. The number of oxime groups is 1. The molecule has 0 unspecified atom stereocenters. The molecule has 1 aromatic rings. The van der Waals surface area contributed by atoms with Crippen LogP contribution >= 0.6 is 15.9 Å². The van der Waals surface area contributed by atoms with Gasteiger partial charge in [-0.3, -0.25) is 0 Å². The van der Waals surface area contributed by atoms with Crippen LogP contribution in [0.5, 0.6) is 0 Å². The highest BCUT2D eigenvalue weighted by molar-refractivity contribution is 9.10. The van der Waals surface area contributed by atoms with E-state index in [1.807, 2.05) is 0 Å². The molecular formula is C12H15BrN4O3. The highest BCUT2D eigenvalue weighted by atomic mass is 79.9. The summed E-state index contributed by atoms with van der Waals surface area (Å²) in [4.78, 5) is 13.8. The topological polar surface area (TPSA) is 100 Å². The number of hydrogen-bond donors (Lipinski definition) is 3. The first kappa shape index (κ1) is 14.6. The SMILES string of the molecule is N/C(=N/O)c1ccc(Br)cc1NC(=O)N1CCOCC1. The molecule has 0 aliphatic carbocycles. The number of nitrogens with one attached hydrogen (secondary N) is 1. The molecule has 0 aromatic heterocycles. The van der Waals surface area contributed by atoms with Crippen LogP contribution in [0, 0.1) is 0 Å². The Balaban J connectivity index is 2.19. The number of amides is 2. The molecule has 1 aliphatic rings. The molecule has 0 atom stereocenters. The van der Waals surface area contributed by atoms with Gasteiger partial charge in [-0.15, -0.1) is 0 Å². The zero-order chi connectivity index (χ0) is 14.5. The van der Waals surface area contributed by atoms with Crippen molar-refractivity contribution in [1.82, 2.24) is 4.90 Å². The second kappa shape index (κ2) is 6.58. The van der Waals surface area contributed by atoms with Gasteiger partial charge in [-0.2, -0.15) is 0 Å². The van der Waals surface area contributed by atoms with Gasteiger partial charge in [0.15, 0.2) is 5.84 Å². The lowest BCUT2D eigenvalue weighted by Gasteiger charge is -2.27. The van der Waals surface area contributed by atoms with Crippen molar-refractivity contribution in [3.05, 3.63) is 28.2 Å². The number of nitrogens with two attached hydrogens (primary N) is 1. The zero-order valence-electron chi connectivity index (χ0n) is 10.7. The third-order valence-electron chi connectivity index (χ3n) is 2.91. The second-order valence-electron chi connectivity index (χ2n) is 4.20. The van der Waals surface area contributed by atoms with Crippen molar-refractivity contribution in [3.8, 4) is 0 Å². The predicted octanol–water partition coefficient (Wildman–Crippen LogP) is 1.41. The number of nitrogens with zero attached hydrogens (tertiary/aromatic N) is 2. The van der Waals surface area contributed by atoms with Crippen LogP contribution in [0.4, 0.5) is 10.5 Å². The number of hydrogen-bond acceptors (Lipinski definition) is 4. The Kier molecular flexibility index (Phi) is 4.80. The predicted molar refractivity (Wildman–Crippen MR) is 78.1 cm³/mol. The van der Waals surface area contributed by atoms with Gasteiger partial charge in [-0.25, -0.2) is 4.79 Å². The van der Waals surface area contributed by atoms with E-state index >= 15 is 0 Å². The fourth-order valence-electron chi connectivity index (χ4n) is 1.86. The molecule has 7 nitrogen and oxygen atoms in total. The number of morpholine rings is 1. The van der Waals surface area contributed by atoms with E-state index in [0.717, 1.165) is 4.47 Å². The summed E-state index contributed by atoms with van der Waals surface area (Å²) in [5.74, 6) is -0.0604. The number of ether oxygens (including phenoxy) is 1. The maximum atomic E-state index is 12.1. The minimum atomic E-state index is -0.238. The number of urea groups is 1. The Bertz CT molecular complexity index is 529. The molecule has 1 saturated heterocycles. The first-order chi connectivity index (χ1) is 9.61. The van der Waals surface area contributed by atoms with Crippen molar-refractivity contribution >= 4 is 33.5 Å². The summed E-state index contributed by atoms with van der Waals surface area (Å²) < 4.78 is 5.98. The lowest BCUT2D eigenvalue weighted by atomic mass is 10.1. The Morgan fingerprint density at radius 2 is 2.15 bits per heavy atom. The van der Waals surface area contributed by atoms with E-state index in [4.69, 9.17) is 15.7 Å². The van der Waals surface area contributed by atoms with Gasteiger partial charge in [0.05, 0.1) is 18.9 Å². The van der Waals surface area contributed by atoms with Crippen LogP contribution in [0.3, 0.4) is 0 Å². The third kappa shape index (κ3) is 3.40. The normalized spacial score (nSPS) is 16.1. The zero-order valence-corrected chi connectivity index (χ0v) is 12.3. The smallest absolute Gasteiger partial charge is 0.322 e. The molecule has 1 aromatic carbocycles. The maximum absolute atomic E-state index is 12.1. The van der Waals surface area contributed by atoms with E-state index in [0.29, 0.717) is 37.6 Å². The molecule has 1 fully saturated rings. The monoisotopic (exact) mass is 342 g/mol. The second-order valence-corrected chi connectivity index (χ2v) is 5.12. The number of benzene rings is 1. The summed E-state index contributed by atoms with van der Waals surface area (Å²) in [6.45, 7) is 2.13. The van der Waals surface area contributed by atoms with Crippen molar-refractivity contribution in [2.75, 3.05) is 31.6 Å². The first-order valence-corrected chi connectivity index (χ1v) is 6.82. The molecule has 4 N–H and O–H groups in total. The Morgan fingerprint density at radius 1 is 1.45 bits per heavy atom. The molecule has 0 bridgehead atoms. The number of anilines is 1. The summed E-state index contributed by atoms with van der Waals surface area (Å²) in [5.41, 5.74) is 6.53. The van der Waals surface area contributed by atoms with Gasteiger partial charge in [0.25, 0.3) is 0 Å². The van der Waals surface area contributed by atoms with Gasteiger partial charge in [-0.1, -0.05) is 21.1 Å². The fourth-order valence-corrected chi connectivity index (χ4v) is 2.22. The number of rotatable bonds is 2. The Hall–Kier alpha value is -1.80. The van der Waals surface area contributed by atoms with E-state index in [9.17, 15) is 4.79 Å². The Labute approximate surface area is 124 Å². The van der Waals surface area contributed by atoms with Gasteiger partial charge in [0.1, 0.15) is 0 Å². The summed E-state index contributed by atoms with van der Waals surface area (Å²) in [6.07, 6.45) is 0. The number of carbonyl (C=O) groups is 1. The van der Waals surface area contributed by atoms with E-state index in [1.165, 1.54) is 0 Å². The molecule has 0 saturated carbocycles. The molecule has 20 heavy (non-hydrogen) atoms. The molecule has 1 heterocycles. The summed E-state index contributed by atoms with van der Waals surface area (Å²) in [6, 6.07) is 4.87. The van der Waals surface area contributed by atoms with Gasteiger partial charge in [0, 0.05) is 23.1 Å². The fraction of sp³-hybridized carbons (Fsp3) is 0.333. The average Bonchev–Trinajstić information content (AvgIpc) is 2.47. The van der Waals surface area contributed by atoms with Crippen LogP contribution in [-0.4, -0.2) is 48.3 Å². The van der Waals surface area contributed by atoms with Crippen molar-refractivity contribution in [2.24, 2.45) is 10.9 Å². The minimum absolute atomic E-state index is 0.0604. The van der Waals surface area contributed by atoms with Crippen LogP contribution in [-0.2, 0) is 4.74 Å². The van der Waals surface area contributed by atoms with Crippen LogP contribution < -0.4 is 11.1 Å². The summed E-state index contributed by atoms with van der Waals surface area (Å²) >= 11 is 3.33. The van der Waals surface area contributed by atoms with Crippen molar-refractivity contribution in [1.29, 1.82) is 0 Å². The molecule has 0 spiro atoms. The highest BCUT2D eigenvalue weighted by Gasteiger charge is 2.18. The Morgan fingerprint density at radius 3 is 2.80 bits per heavy atom. The van der Waals surface area contributed by atoms with E-state index in [-0.39, 0.29) is 11.9 Å². The summed E-state index contributed by atoms with van der Waals surface area (Å²) in [7, 11) is 0. The number of halogens is 1. The van der Waals surface area contributed by atoms with Crippen molar-refractivity contribution in [2.45, 2.75) is 0 Å². The van der Waals surface area contributed by atoms with Crippen LogP contribution in [0.2, 0.25) is 0 Å². The lowest BCUT2D eigenvalue weighted by Crippen LogP contribution is -2.43. The van der Waals surface area contributed by atoms with Crippen LogP contribution in [0.1, 0.15) is 5.56 Å². The van der Waals surface area contributed by atoms with Crippen molar-refractivity contribution < 1.29 is 14.7 Å². The first-order valence-electron chi connectivity index (χ1n) is 6.03. The molecule has 1 aliphatic heterocycles. The average molecular weight is 343 g/mol. The van der Waals surface area contributed by atoms with E-state index in [2.05, 4.69) is 26.4 Å². The molecule has 8 heteroatoms. The van der Waals surface area contributed by atoms with Crippen molar-refractivity contribution in [3.63, 3.8) is 0 Å². The van der Waals surface area contributed by atoms with E-state index < -0.39 is 0 Å². The highest BCUT2D eigenvalue weighted by Crippen LogP contribution is 2.22. The maximum Gasteiger partial charge on any atom is 0.322 e. The molecule has 0 radical (unpaired) electrons. The van der Waals surface area contributed by atoms with Gasteiger partial charge in [0.2, 0.25) is 0 Å². The minimum Gasteiger partial charge on any atom is -0.409 e. The van der Waals surface area contributed by atoms with E-state index in [1.54, 1.807) is 23.1 Å². The van der Waals surface area contributed by atoms with Gasteiger partial charge >= 0.3 is 6.03 Å².